The predicted octanol–water partition coefficient (Wildman–Crippen LogP) is 6.42. The summed E-state index contributed by atoms with van der Waals surface area (Å²) in [5.74, 6) is 0. The highest BCUT2D eigenvalue weighted by atomic mass is 32.1. The quantitative estimate of drug-likeness (QED) is 0.426. The monoisotopic (exact) mass is 385 g/mol. The van der Waals surface area contributed by atoms with Crippen molar-refractivity contribution in [3.8, 4) is 0 Å². The zero-order chi connectivity index (χ0) is 19.3. The Hall–Kier alpha value is -3.44. The highest BCUT2D eigenvalue weighted by molar-refractivity contribution is 7.19. The number of rotatable bonds is 4. The van der Waals surface area contributed by atoms with Crippen molar-refractivity contribution in [3.63, 3.8) is 0 Å². The number of amides is 2. The van der Waals surface area contributed by atoms with Crippen LogP contribution in [0.4, 0.5) is 16.2 Å². The zero-order valence-corrected chi connectivity index (χ0v) is 16.2. The third-order valence-electron chi connectivity index (χ3n) is 4.18. The normalized spacial score (nSPS) is 11.0. The molecular weight excluding hydrogens is 366 g/mol. The number of anilines is 2. The van der Waals surface area contributed by atoms with Gasteiger partial charge in [0.05, 0.1) is 10.2 Å². The molecule has 0 spiro atoms. The third kappa shape index (κ3) is 4.45. The first-order chi connectivity index (χ1) is 13.7. The molecule has 0 saturated heterocycles. The van der Waals surface area contributed by atoms with Crippen LogP contribution in [0.3, 0.4) is 0 Å². The number of para-hydroxylation sites is 1. The van der Waals surface area contributed by atoms with Crippen molar-refractivity contribution < 1.29 is 4.79 Å². The Morgan fingerprint density at radius 1 is 0.893 bits per heavy atom. The number of fused-ring (bicyclic) bond motifs is 1. The first kappa shape index (κ1) is 17.9. The Kier molecular flexibility index (Phi) is 5.17. The Morgan fingerprint density at radius 3 is 2.36 bits per heavy atom. The van der Waals surface area contributed by atoms with Gasteiger partial charge < -0.3 is 10.6 Å². The number of nitrogens with zero attached hydrogens (tertiary/aromatic N) is 1. The molecule has 2 N–H and O–H groups in total. The standard InChI is InChI=1S/C23H19N3OS/c1-16-7-13-20-21(15-16)28-22(26-20)14-10-17-8-11-19(12-9-17)25-23(27)24-18-5-3-2-4-6-18/h2-15H,1H3,(H2,24,25,27). The van der Waals surface area contributed by atoms with Crippen molar-refractivity contribution in [2.75, 3.05) is 10.6 Å². The Balaban J connectivity index is 1.39. The van der Waals surface area contributed by atoms with E-state index in [0.717, 1.165) is 27.5 Å². The molecule has 0 radical (unpaired) electrons. The molecule has 2 amide bonds. The van der Waals surface area contributed by atoms with Crippen LogP contribution < -0.4 is 10.6 Å². The molecule has 28 heavy (non-hydrogen) atoms. The van der Waals surface area contributed by atoms with Crippen molar-refractivity contribution in [2.24, 2.45) is 0 Å². The van der Waals surface area contributed by atoms with Crippen LogP contribution in [-0.2, 0) is 0 Å². The lowest BCUT2D eigenvalue weighted by Gasteiger charge is -2.07. The van der Waals surface area contributed by atoms with Crippen LogP contribution in [0.15, 0.2) is 72.8 Å². The van der Waals surface area contributed by atoms with E-state index in [1.165, 1.54) is 10.3 Å². The van der Waals surface area contributed by atoms with Gasteiger partial charge >= 0.3 is 6.03 Å². The minimum atomic E-state index is -0.265. The molecule has 3 aromatic carbocycles. The fraction of sp³-hybridized carbons (Fsp3) is 0.0435. The summed E-state index contributed by atoms with van der Waals surface area (Å²) in [7, 11) is 0. The van der Waals surface area contributed by atoms with E-state index < -0.39 is 0 Å². The van der Waals surface area contributed by atoms with Crippen molar-refractivity contribution in [3.05, 3.63) is 88.9 Å². The molecular formula is C23H19N3OS. The molecule has 5 heteroatoms. The second kappa shape index (κ2) is 8.06. The van der Waals surface area contributed by atoms with Crippen LogP contribution in [0, 0.1) is 6.92 Å². The third-order valence-corrected chi connectivity index (χ3v) is 5.16. The number of aromatic nitrogens is 1. The summed E-state index contributed by atoms with van der Waals surface area (Å²) in [6, 6.07) is 23.1. The van der Waals surface area contributed by atoms with Gasteiger partial charge in [-0.15, -0.1) is 11.3 Å². The number of carbonyl (C=O) groups excluding carboxylic acids is 1. The van der Waals surface area contributed by atoms with E-state index in [2.05, 4.69) is 40.7 Å². The molecule has 0 aliphatic heterocycles. The maximum Gasteiger partial charge on any atom is 0.323 e. The smallest absolute Gasteiger partial charge is 0.308 e. The molecule has 1 aromatic heterocycles. The van der Waals surface area contributed by atoms with E-state index in [1.807, 2.05) is 66.7 Å². The lowest BCUT2D eigenvalue weighted by Crippen LogP contribution is -2.19. The second-order valence-corrected chi connectivity index (χ2v) is 7.49. The average Bonchev–Trinajstić information content (AvgIpc) is 3.10. The number of hydrogen-bond donors (Lipinski definition) is 2. The molecule has 4 rings (SSSR count). The van der Waals surface area contributed by atoms with Gasteiger partial charge in [0.2, 0.25) is 0 Å². The molecule has 0 atom stereocenters. The van der Waals surface area contributed by atoms with Gasteiger partial charge in [-0.25, -0.2) is 9.78 Å². The SMILES string of the molecule is Cc1ccc2nc(C=Cc3ccc(NC(=O)Nc4ccccc4)cc3)sc2c1. The summed E-state index contributed by atoms with van der Waals surface area (Å²) >= 11 is 1.68. The number of urea groups is 1. The van der Waals surface area contributed by atoms with Crippen molar-refractivity contribution >= 4 is 51.1 Å². The summed E-state index contributed by atoms with van der Waals surface area (Å²) in [6.07, 6.45) is 4.04. The predicted molar refractivity (Wildman–Crippen MR) is 119 cm³/mol. The van der Waals surface area contributed by atoms with Gasteiger partial charge in [-0.2, -0.15) is 0 Å². The highest BCUT2D eigenvalue weighted by Gasteiger charge is 2.03. The van der Waals surface area contributed by atoms with Crippen LogP contribution >= 0.6 is 11.3 Å². The van der Waals surface area contributed by atoms with Gasteiger partial charge in [-0.05, 0) is 60.5 Å². The summed E-state index contributed by atoms with van der Waals surface area (Å²) in [5.41, 5.74) is 4.81. The molecule has 0 unspecified atom stereocenters. The second-order valence-electron chi connectivity index (χ2n) is 6.42. The fourth-order valence-electron chi connectivity index (χ4n) is 2.78. The zero-order valence-electron chi connectivity index (χ0n) is 15.3. The van der Waals surface area contributed by atoms with Gasteiger partial charge in [-0.3, -0.25) is 0 Å². The van der Waals surface area contributed by atoms with E-state index in [9.17, 15) is 4.79 Å². The molecule has 0 bridgehead atoms. The van der Waals surface area contributed by atoms with Crippen LogP contribution in [0.1, 0.15) is 16.1 Å². The van der Waals surface area contributed by atoms with Gasteiger partial charge in [0.25, 0.3) is 0 Å². The fourth-order valence-corrected chi connectivity index (χ4v) is 3.75. The minimum absolute atomic E-state index is 0.265. The largest absolute Gasteiger partial charge is 0.323 e. The number of aryl methyl sites for hydroxylation is 1. The van der Waals surface area contributed by atoms with Crippen LogP contribution in [-0.4, -0.2) is 11.0 Å². The van der Waals surface area contributed by atoms with Gasteiger partial charge in [0.15, 0.2) is 0 Å². The lowest BCUT2D eigenvalue weighted by atomic mass is 10.2. The average molecular weight is 385 g/mol. The van der Waals surface area contributed by atoms with E-state index >= 15 is 0 Å². The van der Waals surface area contributed by atoms with Crippen LogP contribution in [0.2, 0.25) is 0 Å². The first-order valence-electron chi connectivity index (χ1n) is 8.94. The molecule has 0 aliphatic rings. The number of carbonyl (C=O) groups is 1. The Labute approximate surface area is 167 Å². The topological polar surface area (TPSA) is 54.0 Å². The molecule has 0 aliphatic carbocycles. The summed E-state index contributed by atoms with van der Waals surface area (Å²) in [6.45, 7) is 2.09. The van der Waals surface area contributed by atoms with Gasteiger partial charge in [-0.1, -0.05) is 42.5 Å². The van der Waals surface area contributed by atoms with Gasteiger partial charge in [0, 0.05) is 11.4 Å². The van der Waals surface area contributed by atoms with Crippen molar-refractivity contribution in [2.45, 2.75) is 6.92 Å². The highest BCUT2D eigenvalue weighted by Crippen LogP contribution is 2.24. The van der Waals surface area contributed by atoms with Crippen molar-refractivity contribution in [1.29, 1.82) is 0 Å². The number of hydrogen-bond acceptors (Lipinski definition) is 3. The summed E-state index contributed by atoms with van der Waals surface area (Å²) in [4.78, 5) is 16.7. The molecule has 4 nitrogen and oxygen atoms in total. The molecule has 0 saturated carbocycles. The van der Waals surface area contributed by atoms with Crippen molar-refractivity contribution in [1.82, 2.24) is 4.98 Å². The number of benzene rings is 3. The maximum absolute atomic E-state index is 12.0. The molecule has 1 heterocycles. The summed E-state index contributed by atoms with van der Waals surface area (Å²) in [5, 5.41) is 6.60. The molecule has 138 valence electrons. The number of nitrogens with one attached hydrogen (secondary N) is 2. The Bertz CT molecular complexity index is 1130. The van der Waals surface area contributed by atoms with Crippen LogP contribution in [0.5, 0.6) is 0 Å². The van der Waals surface area contributed by atoms with E-state index in [-0.39, 0.29) is 6.03 Å². The maximum atomic E-state index is 12.0. The van der Waals surface area contributed by atoms with E-state index in [1.54, 1.807) is 11.3 Å². The van der Waals surface area contributed by atoms with E-state index in [4.69, 9.17) is 0 Å². The first-order valence-corrected chi connectivity index (χ1v) is 9.76. The van der Waals surface area contributed by atoms with E-state index in [0.29, 0.717) is 0 Å². The Morgan fingerprint density at radius 2 is 1.61 bits per heavy atom. The summed E-state index contributed by atoms with van der Waals surface area (Å²) < 4.78 is 1.20. The minimum Gasteiger partial charge on any atom is -0.308 e. The lowest BCUT2D eigenvalue weighted by molar-refractivity contribution is 0.262. The van der Waals surface area contributed by atoms with Crippen LogP contribution in [0.25, 0.3) is 22.4 Å². The number of thiazole rings is 1. The molecule has 0 fully saturated rings. The van der Waals surface area contributed by atoms with Gasteiger partial charge in [0.1, 0.15) is 5.01 Å². The molecule has 4 aromatic rings.